The normalized spacial score (nSPS) is 15.1. The lowest BCUT2D eigenvalue weighted by molar-refractivity contribution is -0.145. The molecule has 0 saturated carbocycles. The Morgan fingerprint density at radius 1 is 0.619 bits per heavy atom. The van der Waals surface area contributed by atoms with E-state index in [0.29, 0.717) is 0 Å². The van der Waals surface area contributed by atoms with Crippen LogP contribution in [-0.2, 0) is 19.2 Å². The molecule has 2 N–H and O–H groups in total. The van der Waals surface area contributed by atoms with E-state index >= 15 is 0 Å². The second-order valence-electron chi connectivity index (χ2n) is 5.05. The van der Waals surface area contributed by atoms with Crippen LogP contribution in [0.1, 0.15) is 49.0 Å². The summed E-state index contributed by atoms with van der Waals surface area (Å²) in [4.78, 5) is 41.8. The third-order valence-electron chi connectivity index (χ3n) is 3.56. The minimum atomic E-state index is -0.914. The van der Waals surface area contributed by atoms with Gasteiger partial charge in [-0.05, 0) is 13.8 Å². The molecule has 0 bridgehead atoms. The van der Waals surface area contributed by atoms with Gasteiger partial charge >= 0.3 is 11.9 Å². The highest BCUT2D eigenvalue weighted by atomic mass is 16.4. The van der Waals surface area contributed by atoms with E-state index in [1.54, 1.807) is 13.8 Å². The minimum absolute atomic E-state index is 0. The van der Waals surface area contributed by atoms with Crippen LogP contribution < -0.4 is 0 Å². The number of aliphatic carboxylic acids is 2. The Labute approximate surface area is 126 Å². The smallest absolute Gasteiger partial charge is 0.306 e. The van der Waals surface area contributed by atoms with Gasteiger partial charge in [-0.2, -0.15) is 0 Å². The summed E-state index contributed by atoms with van der Waals surface area (Å²) in [5.41, 5.74) is 0. The molecule has 0 radical (unpaired) electrons. The fourth-order valence-electron chi connectivity index (χ4n) is 1.13. The van der Waals surface area contributed by atoms with E-state index in [0.717, 1.165) is 0 Å². The van der Waals surface area contributed by atoms with Gasteiger partial charge in [-0.15, -0.1) is 0 Å². The predicted molar refractivity (Wildman–Crippen MR) is 80.0 cm³/mol. The third kappa shape index (κ3) is 9.76. The Balaban J connectivity index is -0.000000295. The first-order valence-corrected chi connectivity index (χ1v) is 6.39. The highest BCUT2D eigenvalue weighted by Gasteiger charge is 2.22. The van der Waals surface area contributed by atoms with Crippen LogP contribution in [0, 0.1) is 23.7 Å². The minimum Gasteiger partial charge on any atom is -0.481 e. The van der Waals surface area contributed by atoms with Crippen LogP contribution in [0.4, 0.5) is 0 Å². The van der Waals surface area contributed by atoms with Crippen LogP contribution in [0.25, 0.3) is 0 Å². The van der Waals surface area contributed by atoms with Crippen LogP contribution in [-0.4, -0.2) is 33.7 Å². The molecule has 0 aliphatic heterocycles. The molecular weight excluding hydrogens is 276 g/mol. The molecule has 0 spiro atoms. The Morgan fingerprint density at radius 2 is 0.810 bits per heavy atom. The molecule has 6 nitrogen and oxygen atoms in total. The van der Waals surface area contributed by atoms with Gasteiger partial charge in [-0.25, -0.2) is 0 Å². The van der Waals surface area contributed by atoms with Crippen LogP contribution in [0.15, 0.2) is 0 Å². The number of rotatable bonds is 6. The fourth-order valence-corrected chi connectivity index (χ4v) is 1.13. The summed E-state index contributed by atoms with van der Waals surface area (Å²) in [6.07, 6.45) is 0. The van der Waals surface area contributed by atoms with E-state index in [1.165, 1.54) is 27.7 Å². The van der Waals surface area contributed by atoms with E-state index in [9.17, 15) is 19.2 Å². The van der Waals surface area contributed by atoms with Gasteiger partial charge in [-0.1, -0.05) is 35.1 Å². The SMILES string of the molecule is C.CC(=O)C(C)C(C)C(=O)O.CC(=O)C(C)C(C)C(=O)O. The number of carboxylic acid groups (broad SMARTS) is 2. The van der Waals surface area contributed by atoms with Crippen LogP contribution in [0.3, 0.4) is 0 Å². The van der Waals surface area contributed by atoms with Gasteiger partial charge in [0.1, 0.15) is 11.6 Å². The van der Waals surface area contributed by atoms with E-state index in [1.807, 2.05) is 0 Å². The molecule has 0 rings (SSSR count). The molecular formula is C15H28O6. The second-order valence-corrected chi connectivity index (χ2v) is 5.05. The zero-order chi connectivity index (χ0) is 16.6. The van der Waals surface area contributed by atoms with Crippen molar-refractivity contribution in [1.29, 1.82) is 0 Å². The molecule has 0 amide bonds. The van der Waals surface area contributed by atoms with Crippen LogP contribution in [0.2, 0.25) is 0 Å². The van der Waals surface area contributed by atoms with Crippen molar-refractivity contribution in [3.05, 3.63) is 0 Å². The fraction of sp³-hybridized carbons (Fsp3) is 0.733. The maximum absolute atomic E-state index is 10.6. The van der Waals surface area contributed by atoms with Gasteiger partial charge in [0.05, 0.1) is 11.8 Å². The van der Waals surface area contributed by atoms with Crippen molar-refractivity contribution in [2.24, 2.45) is 23.7 Å². The van der Waals surface area contributed by atoms with Gasteiger partial charge in [-0.3, -0.25) is 19.2 Å². The molecule has 0 aliphatic rings. The zero-order valence-corrected chi connectivity index (χ0v) is 12.8. The second kappa shape index (κ2) is 11.0. The standard InChI is InChI=1S/2C7H12O3.CH4/c2*1-4(6(3)8)5(2)7(9)10;/h2*4-5H,1-3H3,(H,9,10);1H4. The van der Waals surface area contributed by atoms with Crippen molar-refractivity contribution in [2.75, 3.05) is 0 Å². The molecule has 0 aromatic rings. The monoisotopic (exact) mass is 304 g/mol. The topological polar surface area (TPSA) is 109 Å². The lowest BCUT2D eigenvalue weighted by Gasteiger charge is -2.10. The number of carbonyl (C=O) groups excluding carboxylic acids is 2. The van der Waals surface area contributed by atoms with Gasteiger partial charge < -0.3 is 10.2 Å². The Morgan fingerprint density at radius 3 is 0.857 bits per heavy atom. The highest BCUT2D eigenvalue weighted by Crippen LogP contribution is 2.11. The summed E-state index contributed by atoms with van der Waals surface area (Å²) >= 11 is 0. The molecule has 6 heteroatoms. The zero-order valence-electron chi connectivity index (χ0n) is 12.8. The quantitative estimate of drug-likeness (QED) is 0.780. The molecule has 0 heterocycles. The average molecular weight is 304 g/mol. The maximum Gasteiger partial charge on any atom is 0.306 e. The van der Waals surface area contributed by atoms with Crippen LogP contribution >= 0.6 is 0 Å². The average Bonchev–Trinajstić information content (AvgIpc) is 2.35. The largest absolute Gasteiger partial charge is 0.481 e. The first-order chi connectivity index (χ1) is 8.93. The third-order valence-corrected chi connectivity index (χ3v) is 3.56. The molecule has 0 fully saturated rings. The van der Waals surface area contributed by atoms with Gasteiger partial charge in [0, 0.05) is 11.8 Å². The molecule has 124 valence electrons. The van der Waals surface area contributed by atoms with Crippen molar-refractivity contribution in [3.8, 4) is 0 Å². The predicted octanol–water partition coefficient (Wildman–Crippen LogP) is 2.50. The first-order valence-electron chi connectivity index (χ1n) is 6.39. The lowest BCUT2D eigenvalue weighted by atomic mass is 9.93. The number of carbonyl (C=O) groups is 4. The van der Waals surface area contributed by atoms with Crippen LogP contribution in [0.5, 0.6) is 0 Å². The lowest BCUT2D eigenvalue weighted by Crippen LogP contribution is -2.23. The summed E-state index contributed by atoms with van der Waals surface area (Å²) in [6.45, 7) is 9.14. The Bertz CT molecular complexity index is 302. The number of ketones is 2. The molecule has 0 saturated heterocycles. The summed E-state index contributed by atoms with van der Waals surface area (Å²) in [6, 6.07) is 0. The van der Waals surface area contributed by atoms with E-state index in [4.69, 9.17) is 10.2 Å². The molecule has 0 aromatic carbocycles. The van der Waals surface area contributed by atoms with Crippen molar-refractivity contribution >= 4 is 23.5 Å². The number of hydrogen-bond donors (Lipinski definition) is 2. The van der Waals surface area contributed by atoms with Crippen molar-refractivity contribution in [3.63, 3.8) is 0 Å². The Kier molecular flexibility index (Phi) is 12.7. The Hall–Kier alpha value is -1.72. The summed E-state index contributed by atoms with van der Waals surface area (Å²) in [7, 11) is 0. The highest BCUT2D eigenvalue weighted by molar-refractivity contribution is 5.84. The summed E-state index contributed by atoms with van der Waals surface area (Å²) < 4.78 is 0. The summed E-state index contributed by atoms with van der Waals surface area (Å²) in [5.74, 6) is -3.87. The maximum atomic E-state index is 10.6. The van der Waals surface area contributed by atoms with Crippen molar-refractivity contribution < 1.29 is 29.4 Å². The molecule has 0 aromatic heterocycles. The van der Waals surface area contributed by atoms with Gasteiger partial charge in [0.2, 0.25) is 0 Å². The van der Waals surface area contributed by atoms with Crippen molar-refractivity contribution in [1.82, 2.24) is 0 Å². The molecule has 21 heavy (non-hydrogen) atoms. The van der Waals surface area contributed by atoms with E-state index in [-0.39, 0.29) is 30.8 Å². The molecule has 4 unspecified atom stereocenters. The number of hydrogen-bond acceptors (Lipinski definition) is 4. The van der Waals surface area contributed by atoms with E-state index < -0.39 is 23.8 Å². The van der Waals surface area contributed by atoms with Gasteiger partial charge in [0.15, 0.2) is 0 Å². The molecule has 0 aliphatic carbocycles. The number of Topliss-reactive ketones (excluding diaryl/α,β-unsaturated/α-hetero) is 2. The van der Waals surface area contributed by atoms with E-state index in [2.05, 4.69) is 0 Å². The molecule has 4 atom stereocenters. The number of carboxylic acids is 2. The summed E-state index contributed by atoms with van der Waals surface area (Å²) in [5, 5.41) is 16.9. The van der Waals surface area contributed by atoms with Crippen molar-refractivity contribution in [2.45, 2.75) is 49.0 Å². The van der Waals surface area contributed by atoms with Gasteiger partial charge in [0.25, 0.3) is 0 Å². The first kappa shape index (κ1) is 24.3.